The minimum atomic E-state index is -0.758. The number of guanidine groups is 1. The summed E-state index contributed by atoms with van der Waals surface area (Å²) in [5.41, 5.74) is 8.00. The van der Waals surface area contributed by atoms with E-state index in [2.05, 4.69) is 4.99 Å². The van der Waals surface area contributed by atoms with Crippen molar-refractivity contribution in [2.45, 2.75) is 77.0 Å². The fraction of sp³-hybridized carbons (Fsp3) is 0.500. The van der Waals surface area contributed by atoms with Crippen molar-refractivity contribution in [2.75, 3.05) is 20.2 Å². The number of ether oxygens (including phenoxy) is 2. The van der Waals surface area contributed by atoms with Crippen molar-refractivity contribution >= 4 is 23.5 Å². The highest BCUT2D eigenvalue weighted by Gasteiger charge is 2.28. The number of hydrogen-bond acceptors (Lipinski definition) is 7. The molecule has 38 heavy (non-hydrogen) atoms. The number of aliphatic imine (C=N–C) groups is 1. The van der Waals surface area contributed by atoms with Gasteiger partial charge in [0.25, 0.3) is 0 Å². The van der Waals surface area contributed by atoms with Crippen LogP contribution in [0.2, 0.25) is 0 Å². The van der Waals surface area contributed by atoms with Crippen molar-refractivity contribution < 1.29 is 19.1 Å². The van der Waals surface area contributed by atoms with E-state index in [-0.39, 0.29) is 24.4 Å². The second kappa shape index (κ2) is 12.3. The molecule has 8 nitrogen and oxygen atoms in total. The van der Waals surface area contributed by atoms with Crippen molar-refractivity contribution in [1.29, 1.82) is 0 Å². The van der Waals surface area contributed by atoms with Crippen molar-refractivity contribution in [3.63, 3.8) is 0 Å². The Hall–Kier alpha value is -3.55. The van der Waals surface area contributed by atoms with Crippen molar-refractivity contribution in [1.82, 2.24) is 9.80 Å². The minimum absolute atomic E-state index is 0.00720. The second-order valence-corrected chi connectivity index (χ2v) is 10.7. The number of amides is 1. The molecule has 1 fully saturated rings. The van der Waals surface area contributed by atoms with Crippen LogP contribution in [0.3, 0.4) is 0 Å². The lowest BCUT2D eigenvalue weighted by atomic mass is 9.94. The molecule has 1 aliphatic heterocycles. The number of hydrogen-bond donors (Lipinski definition) is 1. The Morgan fingerprint density at radius 2 is 1.84 bits per heavy atom. The lowest BCUT2D eigenvalue weighted by Crippen LogP contribution is -2.43. The van der Waals surface area contributed by atoms with E-state index in [1.807, 2.05) is 74.3 Å². The maximum absolute atomic E-state index is 12.8. The second-order valence-electron chi connectivity index (χ2n) is 10.7. The van der Waals surface area contributed by atoms with E-state index >= 15 is 0 Å². The molecule has 0 unspecified atom stereocenters. The van der Waals surface area contributed by atoms with Gasteiger partial charge in [-0.1, -0.05) is 49.6 Å². The van der Waals surface area contributed by atoms with Crippen molar-refractivity contribution in [3.05, 3.63) is 59.7 Å². The van der Waals surface area contributed by atoms with Gasteiger partial charge < -0.3 is 25.0 Å². The molecule has 0 bridgehead atoms. The Morgan fingerprint density at radius 3 is 2.58 bits per heavy atom. The van der Waals surface area contributed by atoms with E-state index in [0.717, 1.165) is 29.7 Å². The first-order valence-corrected chi connectivity index (χ1v) is 13.6. The zero-order valence-corrected chi connectivity index (χ0v) is 22.8. The molecule has 0 aromatic heterocycles. The van der Waals surface area contributed by atoms with Gasteiger partial charge in [0, 0.05) is 31.6 Å². The zero-order chi connectivity index (χ0) is 27.1. The van der Waals surface area contributed by atoms with Gasteiger partial charge in [-0.15, -0.1) is 0 Å². The van der Waals surface area contributed by atoms with Crippen molar-refractivity contribution in [3.8, 4) is 5.75 Å². The molecule has 4 rings (SSSR count). The predicted octanol–water partition coefficient (Wildman–Crippen LogP) is 4.88. The molecule has 1 saturated carbocycles. The van der Waals surface area contributed by atoms with Crippen LogP contribution in [0.1, 0.15) is 69.9 Å². The van der Waals surface area contributed by atoms with Crippen LogP contribution in [0.4, 0.5) is 5.69 Å². The summed E-state index contributed by atoms with van der Waals surface area (Å²) >= 11 is 0. The summed E-state index contributed by atoms with van der Waals surface area (Å²) in [5, 5.41) is 0. The maximum atomic E-state index is 12.8. The van der Waals surface area contributed by atoms with Gasteiger partial charge in [-0.3, -0.25) is 9.59 Å². The molecule has 0 spiro atoms. The van der Waals surface area contributed by atoms with Crippen LogP contribution in [0.5, 0.6) is 5.75 Å². The third-order valence-electron chi connectivity index (χ3n) is 7.45. The fourth-order valence-corrected chi connectivity index (χ4v) is 5.14. The SMILES string of the molecule is CN(C(=O)CCCOc1ccc2c(c1)CN(CC(=O)OC(C)(C)c1ccccc1)C(N)=N2)C1CCCCC1. The van der Waals surface area contributed by atoms with Crippen LogP contribution < -0.4 is 10.5 Å². The van der Waals surface area contributed by atoms with Gasteiger partial charge in [-0.2, -0.15) is 0 Å². The Kier molecular flexibility index (Phi) is 8.92. The Morgan fingerprint density at radius 1 is 1.11 bits per heavy atom. The van der Waals surface area contributed by atoms with Crippen LogP contribution in [-0.4, -0.2) is 53.9 Å². The van der Waals surface area contributed by atoms with Gasteiger partial charge in [0.15, 0.2) is 5.96 Å². The van der Waals surface area contributed by atoms with Gasteiger partial charge in [0.1, 0.15) is 17.9 Å². The molecule has 1 heterocycles. The molecule has 1 amide bonds. The average Bonchev–Trinajstić information content (AvgIpc) is 2.91. The van der Waals surface area contributed by atoms with Crippen LogP contribution in [0.15, 0.2) is 53.5 Å². The molecule has 2 N–H and O–H groups in total. The lowest BCUT2D eigenvalue weighted by Gasteiger charge is -2.31. The third-order valence-corrected chi connectivity index (χ3v) is 7.45. The van der Waals surface area contributed by atoms with Crippen LogP contribution in [-0.2, 0) is 26.5 Å². The molecular formula is C30H40N4O4. The summed E-state index contributed by atoms with van der Waals surface area (Å²) in [6, 6.07) is 15.7. The number of rotatable bonds is 10. The predicted molar refractivity (Wildman–Crippen MR) is 148 cm³/mol. The summed E-state index contributed by atoms with van der Waals surface area (Å²) in [5.74, 6) is 0.797. The van der Waals surface area contributed by atoms with Gasteiger partial charge in [-0.05, 0) is 56.9 Å². The Bertz CT molecular complexity index is 1140. The van der Waals surface area contributed by atoms with Gasteiger partial charge >= 0.3 is 5.97 Å². The van der Waals surface area contributed by atoms with Crippen LogP contribution in [0, 0.1) is 0 Å². The third kappa shape index (κ3) is 7.05. The molecule has 8 heteroatoms. The number of nitrogens with two attached hydrogens (primary N) is 1. The average molecular weight is 521 g/mol. The summed E-state index contributed by atoms with van der Waals surface area (Å²) in [4.78, 5) is 33.4. The Labute approximate surface area is 225 Å². The van der Waals surface area contributed by atoms with Crippen LogP contribution in [0.25, 0.3) is 0 Å². The molecule has 2 aromatic carbocycles. The molecule has 0 atom stereocenters. The van der Waals surface area contributed by atoms with E-state index < -0.39 is 5.60 Å². The first kappa shape index (κ1) is 27.5. The van der Waals surface area contributed by atoms with Gasteiger partial charge in [0.2, 0.25) is 5.91 Å². The minimum Gasteiger partial charge on any atom is -0.494 e. The zero-order valence-electron chi connectivity index (χ0n) is 22.8. The number of nitrogens with zero attached hydrogens (tertiary/aromatic N) is 3. The molecule has 2 aromatic rings. The van der Waals surface area contributed by atoms with Crippen molar-refractivity contribution in [2.24, 2.45) is 10.7 Å². The highest BCUT2D eigenvalue weighted by Crippen LogP contribution is 2.30. The normalized spacial score (nSPS) is 15.9. The number of fused-ring (bicyclic) bond motifs is 1. The standard InChI is InChI=1S/C30H40N4O4/c1-30(2,23-11-6-4-7-12-23)38-28(36)21-34-20-22-19-25(16-17-26(22)32-29(34)31)37-18-10-15-27(35)33(3)24-13-8-5-9-14-24/h4,6-7,11-12,16-17,19,24H,5,8-10,13-15,18,20-21H2,1-3H3,(H2,31,32). The summed E-state index contributed by atoms with van der Waals surface area (Å²) in [6.07, 6.45) is 7.06. The van der Waals surface area contributed by atoms with E-state index in [9.17, 15) is 9.59 Å². The van der Waals surface area contributed by atoms with Gasteiger partial charge in [-0.25, -0.2) is 4.99 Å². The molecule has 1 aliphatic carbocycles. The highest BCUT2D eigenvalue weighted by molar-refractivity contribution is 5.87. The number of benzene rings is 2. The summed E-state index contributed by atoms with van der Waals surface area (Å²) in [7, 11) is 1.93. The quantitative estimate of drug-likeness (QED) is 0.354. The monoisotopic (exact) mass is 520 g/mol. The number of esters is 1. The first-order chi connectivity index (χ1) is 18.2. The fourth-order valence-electron chi connectivity index (χ4n) is 5.14. The molecule has 204 valence electrons. The molecule has 2 aliphatic rings. The molecular weight excluding hydrogens is 480 g/mol. The lowest BCUT2D eigenvalue weighted by molar-refractivity contribution is -0.158. The highest BCUT2D eigenvalue weighted by atomic mass is 16.6. The molecule has 0 radical (unpaired) electrons. The summed E-state index contributed by atoms with van der Waals surface area (Å²) < 4.78 is 11.7. The van der Waals surface area contributed by atoms with Crippen LogP contribution >= 0.6 is 0 Å². The maximum Gasteiger partial charge on any atom is 0.326 e. The molecule has 0 saturated heterocycles. The van der Waals surface area contributed by atoms with Gasteiger partial charge in [0.05, 0.1) is 12.3 Å². The topological polar surface area (TPSA) is 97.5 Å². The number of carbonyl (C=O) groups is 2. The van der Waals surface area contributed by atoms with E-state index in [1.165, 1.54) is 19.3 Å². The summed E-state index contributed by atoms with van der Waals surface area (Å²) in [6.45, 7) is 4.61. The van der Waals surface area contributed by atoms with E-state index in [4.69, 9.17) is 15.2 Å². The first-order valence-electron chi connectivity index (χ1n) is 13.6. The largest absolute Gasteiger partial charge is 0.494 e. The Balaban J connectivity index is 1.27. The number of carbonyl (C=O) groups excluding carboxylic acids is 2. The smallest absolute Gasteiger partial charge is 0.326 e. The van der Waals surface area contributed by atoms with E-state index in [0.29, 0.717) is 37.8 Å². The van der Waals surface area contributed by atoms with E-state index in [1.54, 1.807) is 4.90 Å².